The summed E-state index contributed by atoms with van der Waals surface area (Å²) < 4.78 is 0. The molecule has 0 rings (SSSR count). The standard InChI is InChI=1S/C14H23NO3/c1-12(2)13(17)8-5-4-6-10-15(3)14(18)9-7-11-16/h7,9,11-12H,4-6,8,10H2,1-3H3/b9-7-. The summed E-state index contributed by atoms with van der Waals surface area (Å²) in [5.41, 5.74) is 0. The zero-order valence-electron chi connectivity index (χ0n) is 11.5. The first-order chi connectivity index (χ1) is 8.49. The van der Waals surface area contributed by atoms with E-state index in [1.54, 1.807) is 11.9 Å². The molecular weight excluding hydrogens is 230 g/mol. The fourth-order valence-corrected chi connectivity index (χ4v) is 1.47. The molecule has 0 aliphatic rings. The first kappa shape index (κ1) is 16.6. The number of ketones is 1. The minimum atomic E-state index is -0.166. The van der Waals surface area contributed by atoms with E-state index < -0.39 is 0 Å². The lowest BCUT2D eigenvalue weighted by atomic mass is 10.0. The van der Waals surface area contributed by atoms with Gasteiger partial charge in [-0.05, 0) is 18.9 Å². The molecule has 0 aromatic carbocycles. The van der Waals surface area contributed by atoms with Gasteiger partial charge in [-0.3, -0.25) is 14.4 Å². The molecule has 0 aliphatic carbocycles. The number of Topliss-reactive ketones (excluding diaryl/α,β-unsaturated/α-hetero) is 1. The number of unbranched alkanes of at least 4 members (excludes halogenated alkanes) is 2. The SMILES string of the molecule is CC(C)C(=O)CCCCCN(C)C(=O)/C=C\C=O. The highest BCUT2D eigenvalue weighted by molar-refractivity contribution is 5.90. The number of hydrogen-bond acceptors (Lipinski definition) is 3. The van der Waals surface area contributed by atoms with E-state index in [1.165, 1.54) is 12.2 Å². The van der Waals surface area contributed by atoms with Gasteiger partial charge in [0.05, 0.1) is 0 Å². The van der Waals surface area contributed by atoms with Gasteiger partial charge in [0, 0.05) is 32.0 Å². The molecular formula is C14H23NO3. The third-order valence-corrected chi connectivity index (χ3v) is 2.75. The monoisotopic (exact) mass is 253 g/mol. The predicted octanol–water partition coefficient (Wildman–Crippen LogP) is 1.99. The zero-order valence-corrected chi connectivity index (χ0v) is 11.5. The molecule has 0 aromatic heterocycles. The van der Waals surface area contributed by atoms with Gasteiger partial charge in [-0.2, -0.15) is 0 Å². The number of carbonyl (C=O) groups excluding carboxylic acids is 3. The molecule has 102 valence electrons. The molecule has 4 heteroatoms. The Hall–Kier alpha value is -1.45. The lowest BCUT2D eigenvalue weighted by Crippen LogP contribution is -2.25. The Kier molecular flexibility index (Phi) is 8.80. The van der Waals surface area contributed by atoms with Crippen LogP contribution in [-0.4, -0.2) is 36.5 Å². The van der Waals surface area contributed by atoms with Crippen LogP contribution in [0.5, 0.6) is 0 Å². The molecule has 4 nitrogen and oxygen atoms in total. The smallest absolute Gasteiger partial charge is 0.246 e. The zero-order chi connectivity index (χ0) is 14.0. The number of likely N-dealkylation sites (N-methyl/N-ethyl adjacent to an activating group) is 1. The molecule has 0 atom stereocenters. The number of aldehydes is 1. The van der Waals surface area contributed by atoms with Crippen LogP contribution in [-0.2, 0) is 14.4 Å². The van der Waals surface area contributed by atoms with Gasteiger partial charge >= 0.3 is 0 Å². The maximum absolute atomic E-state index is 11.4. The molecule has 0 saturated carbocycles. The van der Waals surface area contributed by atoms with Crippen molar-refractivity contribution in [1.29, 1.82) is 0 Å². The molecule has 0 aliphatic heterocycles. The van der Waals surface area contributed by atoms with Gasteiger partial charge in [-0.25, -0.2) is 0 Å². The Bertz CT molecular complexity index is 308. The van der Waals surface area contributed by atoms with Gasteiger partial charge in [-0.1, -0.05) is 20.3 Å². The third-order valence-electron chi connectivity index (χ3n) is 2.75. The van der Waals surface area contributed by atoms with Crippen molar-refractivity contribution in [3.05, 3.63) is 12.2 Å². The van der Waals surface area contributed by atoms with Crippen molar-refractivity contribution in [2.75, 3.05) is 13.6 Å². The van der Waals surface area contributed by atoms with E-state index in [9.17, 15) is 14.4 Å². The first-order valence-electron chi connectivity index (χ1n) is 6.38. The minimum absolute atomic E-state index is 0.114. The summed E-state index contributed by atoms with van der Waals surface area (Å²) >= 11 is 0. The Balaban J connectivity index is 3.66. The van der Waals surface area contributed by atoms with Crippen molar-refractivity contribution in [3.63, 3.8) is 0 Å². The third kappa shape index (κ3) is 7.76. The van der Waals surface area contributed by atoms with Crippen LogP contribution in [0, 0.1) is 5.92 Å². The number of hydrogen-bond donors (Lipinski definition) is 0. The van der Waals surface area contributed by atoms with Gasteiger partial charge in [0.1, 0.15) is 12.1 Å². The van der Waals surface area contributed by atoms with Gasteiger partial charge in [-0.15, -0.1) is 0 Å². The highest BCUT2D eigenvalue weighted by Gasteiger charge is 2.07. The quantitative estimate of drug-likeness (QED) is 0.359. The average Bonchev–Trinajstić information content (AvgIpc) is 2.34. The number of carbonyl (C=O) groups is 3. The summed E-state index contributed by atoms with van der Waals surface area (Å²) in [6.45, 7) is 4.47. The molecule has 0 N–H and O–H groups in total. The Morgan fingerprint density at radius 2 is 1.83 bits per heavy atom. The molecule has 18 heavy (non-hydrogen) atoms. The molecule has 0 unspecified atom stereocenters. The Morgan fingerprint density at radius 1 is 1.17 bits per heavy atom. The second kappa shape index (κ2) is 9.57. The maximum atomic E-state index is 11.4. The van der Waals surface area contributed by atoms with E-state index in [-0.39, 0.29) is 11.8 Å². The molecule has 1 amide bonds. The normalized spacial score (nSPS) is 10.9. The largest absolute Gasteiger partial charge is 0.342 e. The van der Waals surface area contributed by atoms with Gasteiger partial charge in [0.15, 0.2) is 0 Å². The van der Waals surface area contributed by atoms with E-state index in [2.05, 4.69) is 0 Å². The Labute approximate surface area is 109 Å². The fraction of sp³-hybridized carbons (Fsp3) is 0.643. The number of nitrogens with zero attached hydrogens (tertiary/aromatic N) is 1. The summed E-state index contributed by atoms with van der Waals surface area (Å²) in [5, 5.41) is 0. The van der Waals surface area contributed by atoms with E-state index in [0.717, 1.165) is 19.3 Å². The van der Waals surface area contributed by atoms with Crippen molar-refractivity contribution < 1.29 is 14.4 Å². The molecule has 0 radical (unpaired) electrons. The molecule has 0 saturated heterocycles. The summed E-state index contributed by atoms with van der Waals surface area (Å²) in [5.74, 6) is 0.247. The summed E-state index contributed by atoms with van der Waals surface area (Å²) in [4.78, 5) is 34.4. The van der Waals surface area contributed by atoms with Crippen LogP contribution in [0.1, 0.15) is 39.5 Å². The summed E-state index contributed by atoms with van der Waals surface area (Å²) in [6, 6.07) is 0. The van der Waals surface area contributed by atoms with Gasteiger partial charge in [0.2, 0.25) is 5.91 Å². The highest BCUT2D eigenvalue weighted by atomic mass is 16.2. The minimum Gasteiger partial charge on any atom is -0.342 e. The van der Waals surface area contributed by atoms with Gasteiger partial charge < -0.3 is 4.90 Å². The van der Waals surface area contributed by atoms with Crippen LogP contribution < -0.4 is 0 Å². The van der Waals surface area contributed by atoms with Crippen LogP contribution in [0.25, 0.3) is 0 Å². The lowest BCUT2D eigenvalue weighted by Gasteiger charge is -2.14. The van der Waals surface area contributed by atoms with Crippen molar-refractivity contribution in [2.24, 2.45) is 5.92 Å². The van der Waals surface area contributed by atoms with Crippen LogP contribution in [0.4, 0.5) is 0 Å². The van der Waals surface area contributed by atoms with E-state index in [0.29, 0.717) is 25.0 Å². The molecule has 0 spiro atoms. The summed E-state index contributed by atoms with van der Waals surface area (Å²) in [7, 11) is 1.71. The topological polar surface area (TPSA) is 54.5 Å². The number of allylic oxidation sites excluding steroid dienone is 1. The second-order valence-corrected chi connectivity index (χ2v) is 4.69. The molecule has 0 bridgehead atoms. The molecule has 0 aromatic rings. The fourth-order valence-electron chi connectivity index (χ4n) is 1.47. The van der Waals surface area contributed by atoms with Crippen LogP contribution in [0.15, 0.2) is 12.2 Å². The van der Waals surface area contributed by atoms with Crippen LogP contribution in [0.3, 0.4) is 0 Å². The molecule has 0 fully saturated rings. The molecule has 0 heterocycles. The van der Waals surface area contributed by atoms with Crippen molar-refractivity contribution >= 4 is 18.0 Å². The van der Waals surface area contributed by atoms with E-state index in [4.69, 9.17) is 0 Å². The number of rotatable bonds is 9. The highest BCUT2D eigenvalue weighted by Crippen LogP contribution is 2.06. The van der Waals surface area contributed by atoms with Crippen LogP contribution in [0.2, 0.25) is 0 Å². The summed E-state index contributed by atoms with van der Waals surface area (Å²) in [6.07, 6.45) is 6.36. The van der Waals surface area contributed by atoms with E-state index >= 15 is 0 Å². The van der Waals surface area contributed by atoms with Crippen molar-refractivity contribution in [1.82, 2.24) is 4.90 Å². The lowest BCUT2D eigenvalue weighted by molar-refractivity contribution is -0.125. The average molecular weight is 253 g/mol. The van der Waals surface area contributed by atoms with Crippen molar-refractivity contribution in [3.8, 4) is 0 Å². The van der Waals surface area contributed by atoms with Crippen molar-refractivity contribution in [2.45, 2.75) is 39.5 Å². The van der Waals surface area contributed by atoms with Gasteiger partial charge in [0.25, 0.3) is 0 Å². The maximum Gasteiger partial charge on any atom is 0.246 e. The Morgan fingerprint density at radius 3 is 2.39 bits per heavy atom. The first-order valence-corrected chi connectivity index (χ1v) is 6.38. The predicted molar refractivity (Wildman–Crippen MR) is 71.2 cm³/mol. The van der Waals surface area contributed by atoms with Crippen LogP contribution >= 0.6 is 0 Å². The number of amides is 1. The van der Waals surface area contributed by atoms with E-state index in [1.807, 2.05) is 13.8 Å². The second-order valence-electron chi connectivity index (χ2n) is 4.69.